The number of benzene rings is 1. The molecule has 0 bridgehead atoms. The summed E-state index contributed by atoms with van der Waals surface area (Å²) in [5.41, 5.74) is 3.83. The molecule has 166 valence electrons. The summed E-state index contributed by atoms with van der Waals surface area (Å²) in [5.74, 6) is 1.54. The zero-order valence-electron chi connectivity index (χ0n) is 18.9. The summed E-state index contributed by atoms with van der Waals surface area (Å²) < 4.78 is 0. The van der Waals surface area contributed by atoms with Crippen LogP contribution in [-0.4, -0.2) is 90.1 Å². The Labute approximate surface area is 184 Å². The average molecular weight is 423 g/mol. The lowest BCUT2D eigenvalue weighted by Gasteiger charge is -2.34. The summed E-state index contributed by atoms with van der Waals surface area (Å²) in [6.07, 6.45) is 5.20. The molecule has 1 aromatic carbocycles. The fraction of sp³-hybridized carbons (Fsp3) is 0.522. The van der Waals surface area contributed by atoms with Gasteiger partial charge >= 0.3 is 0 Å². The maximum atomic E-state index is 4.82. The molecule has 0 spiro atoms. The van der Waals surface area contributed by atoms with Crippen LogP contribution in [0.15, 0.2) is 30.6 Å². The highest BCUT2D eigenvalue weighted by molar-refractivity contribution is 5.84. The van der Waals surface area contributed by atoms with Gasteiger partial charge in [-0.15, -0.1) is 0 Å². The molecule has 2 N–H and O–H groups in total. The standard InChI is InChI=1S/C23H34N8/c1-29(2)12-6-4-5-11-24-22-20-23(26-17-25-20)28-21(27-22)18-7-9-19(10-8-18)31-15-13-30(3)14-16-31/h7-10,17H,4-6,11-16H2,1-3H3,(H2,24,25,26,27,28). The number of nitrogens with zero attached hydrogens (tertiary/aromatic N) is 6. The zero-order valence-corrected chi connectivity index (χ0v) is 18.9. The van der Waals surface area contributed by atoms with E-state index in [0.717, 1.165) is 62.6 Å². The number of imidazole rings is 1. The van der Waals surface area contributed by atoms with E-state index < -0.39 is 0 Å². The first-order valence-electron chi connectivity index (χ1n) is 11.2. The number of likely N-dealkylation sites (N-methyl/N-ethyl adjacent to an activating group) is 1. The van der Waals surface area contributed by atoms with Gasteiger partial charge in [0.2, 0.25) is 0 Å². The van der Waals surface area contributed by atoms with E-state index >= 15 is 0 Å². The number of fused-ring (bicyclic) bond motifs is 1. The number of aromatic amines is 1. The second kappa shape index (κ2) is 10.1. The van der Waals surface area contributed by atoms with Crippen molar-refractivity contribution >= 4 is 22.7 Å². The molecule has 31 heavy (non-hydrogen) atoms. The Morgan fingerprint density at radius 1 is 1.00 bits per heavy atom. The van der Waals surface area contributed by atoms with Gasteiger partial charge in [0, 0.05) is 44.0 Å². The molecule has 1 aliphatic heterocycles. The van der Waals surface area contributed by atoms with Gasteiger partial charge in [0.1, 0.15) is 5.52 Å². The van der Waals surface area contributed by atoms with Crippen LogP contribution < -0.4 is 10.2 Å². The summed E-state index contributed by atoms with van der Waals surface area (Å²) in [4.78, 5) is 24.1. The monoisotopic (exact) mass is 422 g/mol. The van der Waals surface area contributed by atoms with Gasteiger partial charge in [-0.05, 0) is 64.8 Å². The van der Waals surface area contributed by atoms with Crippen LogP contribution in [0, 0.1) is 0 Å². The highest BCUT2D eigenvalue weighted by Crippen LogP contribution is 2.25. The molecule has 0 saturated carbocycles. The number of nitrogens with one attached hydrogen (secondary N) is 2. The van der Waals surface area contributed by atoms with Crippen molar-refractivity contribution in [1.29, 1.82) is 0 Å². The van der Waals surface area contributed by atoms with Crippen molar-refractivity contribution in [2.45, 2.75) is 19.3 Å². The maximum absolute atomic E-state index is 4.82. The Morgan fingerprint density at radius 2 is 1.77 bits per heavy atom. The van der Waals surface area contributed by atoms with Gasteiger partial charge in [0.25, 0.3) is 0 Å². The molecular weight excluding hydrogens is 388 g/mol. The molecule has 0 amide bonds. The Bertz CT molecular complexity index is 957. The fourth-order valence-electron chi connectivity index (χ4n) is 3.91. The number of anilines is 2. The molecule has 3 aromatic rings. The van der Waals surface area contributed by atoms with Gasteiger partial charge in [-0.25, -0.2) is 15.0 Å². The molecule has 0 atom stereocenters. The molecule has 1 aliphatic rings. The van der Waals surface area contributed by atoms with E-state index in [1.165, 1.54) is 18.5 Å². The third kappa shape index (κ3) is 5.51. The molecule has 4 rings (SSSR count). The normalized spacial score (nSPS) is 15.2. The first-order chi connectivity index (χ1) is 15.1. The molecule has 3 heterocycles. The number of unbranched alkanes of at least 4 members (excludes halogenated alkanes) is 2. The molecule has 1 fully saturated rings. The van der Waals surface area contributed by atoms with Crippen LogP contribution in [0.4, 0.5) is 11.5 Å². The Morgan fingerprint density at radius 3 is 2.52 bits per heavy atom. The summed E-state index contributed by atoms with van der Waals surface area (Å²) in [5, 5.41) is 3.49. The van der Waals surface area contributed by atoms with Crippen molar-refractivity contribution in [2.24, 2.45) is 0 Å². The topological polar surface area (TPSA) is 76.2 Å². The second-order valence-electron chi connectivity index (χ2n) is 8.62. The SMILES string of the molecule is CN(C)CCCCCNc1nc(-c2ccc(N3CCN(C)CC3)cc2)nc2nc[nH]c12. The number of aromatic nitrogens is 4. The highest BCUT2D eigenvalue weighted by atomic mass is 15.2. The van der Waals surface area contributed by atoms with E-state index in [9.17, 15) is 0 Å². The van der Waals surface area contributed by atoms with Crippen molar-refractivity contribution in [1.82, 2.24) is 29.7 Å². The third-order valence-electron chi connectivity index (χ3n) is 5.85. The summed E-state index contributed by atoms with van der Waals surface area (Å²) in [6, 6.07) is 8.59. The third-order valence-corrected chi connectivity index (χ3v) is 5.85. The number of hydrogen-bond acceptors (Lipinski definition) is 7. The molecule has 0 unspecified atom stereocenters. The molecule has 0 aliphatic carbocycles. The van der Waals surface area contributed by atoms with Gasteiger partial charge in [-0.3, -0.25) is 0 Å². The van der Waals surface area contributed by atoms with Crippen LogP contribution >= 0.6 is 0 Å². The van der Waals surface area contributed by atoms with Gasteiger partial charge < -0.3 is 25.0 Å². The zero-order chi connectivity index (χ0) is 21.6. The number of rotatable bonds is 9. The number of H-pyrrole nitrogens is 1. The van der Waals surface area contributed by atoms with Crippen LogP contribution in [0.1, 0.15) is 19.3 Å². The second-order valence-corrected chi connectivity index (χ2v) is 8.62. The first kappa shape index (κ1) is 21.5. The van der Waals surface area contributed by atoms with Crippen LogP contribution in [0.25, 0.3) is 22.6 Å². The van der Waals surface area contributed by atoms with Crippen molar-refractivity contribution in [3.05, 3.63) is 30.6 Å². The molecule has 8 heteroatoms. The predicted molar refractivity (Wildman–Crippen MR) is 128 cm³/mol. The van der Waals surface area contributed by atoms with Gasteiger partial charge in [-0.1, -0.05) is 6.42 Å². The molecule has 0 radical (unpaired) electrons. The largest absolute Gasteiger partial charge is 0.369 e. The van der Waals surface area contributed by atoms with Crippen molar-refractivity contribution in [2.75, 3.05) is 70.6 Å². The minimum absolute atomic E-state index is 0.697. The average Bonchev–Trinajstić information content (AvgIpc) is 3.25. The lowest BCUT2D eigenvalue weighted by molar-refractivity contribution is 0.313. The van der Waals surface area contributed by atoms with E-state index in [4.69, 9.17) is 4.98 Å². The smallest absolute Gasteiger partial charge is 0.183 e. The predicted octanol–water partition coefficient (Wildman–Crippen LogP) is 2.92. The molecular formula is C23H34N8. The summed E-state index contributed by atoms with van der Waals surface area (Å²) in [6.45, 7) is 6.35. The lowest BCUT2D eigenvalue weighted by atomic mass is 10.1. The van der Waals surface area contributed by atoms with Crippen LogP contribution in [-0.2, 0) is 0 Å². The first-order valence-corrected chi connectivity index (χ1v) is 11.2. The van der Waals surface area contributed by atoms with E-state index in [-0.39, 0.29) is 0 Å². The van der Waals surface area contributed by atoms with Crippen molar-refractivity contribution < 1.29 is 0 Å². The molecule has 8 nitrogen and oxygen atoms in total. The van der Waals surface area contributed by atoms with E-state index in [1.54, 1.807) is 6.33 Å². The Kier molecular flexibility index (Phi) is 6.99. The van der Waals surface area contributed by atoms with Crippen LogP contribution in [0.3, 0.4) is 0 Å². The Balaban J connectivity index is 1.44. The fourth-order valence-corrected chi connectivity index (χ4v) is 3.91. The summed E-state index contributed by atoms with van der Waals surface area (Å²) >= 11 is 0. The molecule has 2 aromatic heterocycles. The number of piperazine rings is 1. The van der Waals surface area contributed by atoms with Gasteiger partial charge in [0.15, 0.2) is 17.3 Å². The van der Waals surface area contributed by atoms with Crippen molar-refractivity contribution in [3.8, 4) is 11.4 Å². The Hall–Kier alpha value is -2.71. The lowest BCUT2D eigenvalue weighted by Crippen LogP contribution is -2.44. The minimum Gasteiger partial charge on any atom is -0.369 e. The van der Waals surface area contributed by atoms with Crippen LogP contribution in [0.2, 0.25) is 0 Å². The van der Waals surface area contributed by atoms with E-state index in [0.29, 0.717) is 11.5 Å². The summed E-state index contributed by atoms with van der Waals surface area (Å²) in [7, 11) is 6.42. The van der Waals surface area contributed by atoms with E-state index in [1.807, 2.05) is 0 Å². The van der Waals surface area contributed by atoms with Crippen molar-refractivity contribution in [3.63, 3.8) is 0 Å². The maximum Gasteiger partial charge on any atom is 0.183 e. The van der Waals surface area contributed by atoms with Gasteiger partial charge in [0.05, 0.1) is 6.33 Å². The van der Waals surface area contributed by atoms with Crippen LogP contribution in [0.5, 0.6) is 0 Å². The highest BCUT2D eigenvalue weighted by Gasteiger charge is 2.15. The van der Waals surface area contributed by atoms with Gasteiger partial charge in [-0.2, -0.15) is 0 Å². The van der Waals surface area contributed by atoms with E-state index in [2.05, 4.69) is 80.4 Å². The number of hydrogen-bond donors (Lipinski definition) is 2. The molecule has 1 saturated heterocycles. The quantitative estimate of drug-likeness (QED) is 0.514. The minimum atomic E-state index is 0.697.